The Morgan fingerprint density at radius 1 is 0.882 bits per heavy atom. The average Bonchev–Trinajstić information content (AvgIpc) is 3.59. The van der Waals surface area contributed by atoms with Crippen molar-refractivity contribution in [2.75, 3.05) is 10.6 Å². The van der Waals surface area contributed by atoms with Crippen LogP contribution < -0.4 is 10.6 Å². The Bertz CT molecular complexity index is 1460. The number of para-hydroxylation sites is 1. The van der Waals surface area contributed by atoms with Crippen LogP contribution in [0.15, 0.2) is 77.8 Å². The fourth-order valence-electron chi connectivity index (χ4n) is 3.75. The van der Waals surface area contributed by atoms with Crippen LogP contribution in [0.4, 0.5) is 11.5 Å². The first-order chi connectivity index (χ1) is 16.4. The molecule has 0 aliphatic carbocycles. The van der Waals surface area contributed by atoms with Crippen molar-refractivity contribution in [3.63, 3.8) is 0 Å². The molecule has 0 saturated carbocycles. The van der Waals surface area contributed by atoms with Gasteiger partial charge in [0.05, 0.1) is 28.4 Å². The Morgan fingerprint density at radius 3 is 2.41 bits per heavy atom. The van der Waals surface area contributed by atoms with Crippen molar-refractivity contribution >= 4 is 33.3 Å². The number of sulfonamides is 1. The standard InChI is InChI=1S/C23H20N6O4S/c30-22(16-9-4-5-10-18(16)25-23(31)19-11-6-12-24-19)26-21-17-13-29(14-20(17)27-28-21)34(32,33)15-7-2-1-3-8-15/h1-12,24H,13-14H2,(H,25,31)(H2,26,27,28,30). The number of nitrogens with one attached hydrogen (secondary N) is 4. The summed E-state index contributed by atoms with van der Waals surface area (Å²) >= 11 is 0. The summed E-state index contributed by atoms with van der Waals surface area (Å²) in [5.41, 5.74) is 2.15. The third-order valence-corrected chi connectivity index (χ3v) is 7.30. The number of H-pyrrole nitrogens is 2. The summed E-state index contributed by atoms with van der Waals surface area (Å²) in [7, 11) is -3.69. The molecule has 11 heteroatoms. The van der Waals surface area contributed by atoms with Gasteiger partial charge < -0.3 is 15.6 Å². The maximum absolute atomic E-state index is 13.0. The highest BCUT2D eigenvalue weighted by Crippen LogP contribution is 2.32. The number of benzene rings is 2. The van der Waals surface area contributed by atoms with Crippen LogP contribution in [0.1, 0.15) is 32.1 Å². The summed E-state index contributed by atoms with van der Waals surface area (Å²) in [6.07, 6.45) is 1.63. The molecule has 4 aromatic rings. The van der Waals surface area contributed by atoms with Crippen LogP contribution >= 0.6 is 0 Å². The lowest BCUT2D eigenvalue weighted by Gasteiger charge is -2.16. The number of aromatic amines is 2. The molecule has 2 aromatic carbocycles. The van der Waals surface area contributed by atoms with Crippen LogP contribution in [-0.4, -0.2) is 39.7 Å². The molecule has 2 aromatic heterocycles. The minimum atomic E-state index is -3.69. The molecule has 5 rings (SSSR count). The second kappa shape index (κ2) is 8.61. The van der Waals surface area contributed by atoms with Crippen molar-refractivity contribution < 1.29 is 18.0 Å². The molecule has 0 saturated heterocycles. The van der Waals surface area contributed by atoms with Gasteiger partial charge in [0, 0.05) is 18.3 Å². The molecule has 1 aliphatic rings. The Labute approximate surface area is 195 Å². The van der Waals surface area contributed by atoms with Crippen LogP contribution in [0.2, 0.25) is 0 Å². The number of hydrogen-bond donors (Lipinski definition) is 4. The summed E-state index contributed by atoms with van der Waals surface area (Å²) in [4.78, 5) is 28.5. The molecule has 2 amide bonds. The summed E-state index contributed by atoms with van der Waals surface area (Å²) < 4.78 is 27.2. The Morgan fingerprint density at radius 2 is 1.65 bits per heavy atom. The van der Waals surface area contributed by atoms with E-state index in [1.165, 1.54) is 4.31 Å². The van der Waals surface area contributed by atoms with Crippen molar-refractivity contribution in [3.05, 3.63) is 95.4 Å². The SMILES string of the molecule is O=C(Nc1ccccc1C(=O)Nc1n[nH]c2c1CN(S(=O)(=O)c1ccccc1)C2)c1ccc[nH]1. The third-order valence-electron chi connectivity index (χ3n) is 5.50. The molecule has 0 radical (unpaired) electrons. The zero-order valence-corrected chi connectivity index (χ0v) is 18.6. The highest BCUT2D eigenvalue weighted by Gasteiger charge is 2.34. The summed E-state index contributed by atoms with van der Waals surface area (Å²) in [6.45, 7) is 0.197. The van der Waals surface area contributed by atoms with E-state index in [2.05, 4.69) is 25.8 Å². The molecular weight excluding hydrogens is 456 g/mol. The number of carbonyl (C=O) groups excluding carboxylic acids is 2. The largest absolute Gasteiger partial charge is 0.357 e. The molecule has 1 aliphatic heterocycles. The van der Waals surface area contributed by atoms with E-state index in [4.69, 9.17) is 0 Å². The van der Waals surface area contributed by atoms with Gasteiger partial charge in [0.2, 0.25) is 10.0 Å². The van der Waals surface area contributed by atoms with Crippen LogP contribution in [0.25, 0.3) is 0 Å². The molecular formula is C23H20N6O4S. The minimum Gasteiger partial charge on any atom is -0.357 e. The van der Waals surface area contributed by atoms with E-state index in [0.29, 0.717) is 22.6 Å². The zero-order valence-electron chi connectivity index (χ0n) is 17.8. The number of hydrogen-bond acceptors (Lipinski definition) is 5. The molecule has 4 N–H and O–H groups in total. The van der Waals surface area contributed by atoms with Crippen LogP contribution in [0.5, 0.6) is 0 Å². The number of aromatic nitrogens is 3. The van der Waals surface area contributed by atoms with Gasteiger partial charge in [-0.15, -0.1) is 0 Å². The second-order valence-electron chi connectivity index (χ2n) is 7.65. The maximum atomic E-state index is 13.0. The minimum absolute atomic E-state index is 0.0733. The number of fused-ring (bicyclic) bond motifs is 1. The van der Waals surface area contributed by atoms with Gasteiger partial charge in [-0.1, -0.05) is 30.3 Å². The number of rotatable bonds is 6. The van der Waals surface area contributed by atoms with Gasteiger partial charge in [-0.3, -0.25) is 14.7 Å². The van der Waals surface area contributed by atoms with Gasteiger partial charge in [0.25, 0.3) is 11.8 Å². The van der Waals surface area contributed by atoms with Crippen LogP contribution in [0, 0.1) is 0 Å². The third kappa shape index (κ3) is 3.98. The predicted molar refractivity (Wildman–Crippen MR) is 125 cm³/mol. The van der Waals surface area contributed by atoms with E-state index < -0.39 is 15.9 Å². The van der Waals surface area contributed by atoms with Crippen molar-refractivity contribution in [1.82, 2.24) is 19.5 Å². The lowest BCUT2D eigenvalue weighted by molar-refractivity contribution is 0.102. The number of amides is 2. The smallest absolute Gasteiger partial charge is 0.272 e. The first-order valence-electron chi connectivity index (χ1n) is 10.4. The highest BCUT2D eigenvalue weighted by atomic mass is 32.2. The summed E-state index contributed by atoms with van der Waals surface area (Å²) in [5.74, 6) is -0.620. The van der Waals surface area contributed by atoms with Crippen molar-refractivity contribution in [1.29, 1.82) is 0 Å². The fourth-order valence-corrected chi connectivity index (χ4v) is 5.15. The highest BCUT2D eigenvalue weighted by molar-refractivity contribution is 7.89. The molecule has 0 bridgehead atoms. The number of nitrogens with zero attached hydrogens (tertiary/aromatic N) is 2. The number of anilines is 2. The summed E-state index contributed by atoms with van der Waals surface area (Å²) in [6, 6.07) is 18.1. The van der Waals surface area contributed by atoms with E-state index in [1.54, 1.807) is 72.9 Å². The quantitative estimate of drug-likeness (QED) is 0.339. The van der Waals surface area contributed by atoms with Crippen LogP contribution in [-0.2, 0) is 23.1 Å². The first kappa shape index (κ1) is 21.6. The van der Waals surface area contributed by atoms with E-state index in [1.807, 2.05) is 0 Å². The fraction of sp³-hybridized carbons (Fsp3) is 0.0870. The zero-order chi connectivity index (χ0) is 23.7. The van der Waals surface area contributed by atoms with Gasteiger partial charge in [-0.05, 0) is 36.4 Å². The van der Waals surface area contributed by atoms with Gasteiger partial charge in [-0.2, -0.15) is 9.40 Å². The van der Waals surface area contributed by atoms with Gasteiger partial charge in [0.1, 0.15) is 5.69 Å². The molecule has 0 atom stereocenters. The normalized spacial score (nSPS) is 13.4. The van der Waals surface area contributed by atoms with E-state index in [9.17, 15) is 18.0 Å². The Kier molecular flexibility index (Phi) is 5.48. The van der Waals surface area contributed by atoms with Crippen LogP contribution in [0.3, 0.4) is 0 Å². The van der Waals surface area contributed by atoms with E-state index in [-0.39, 0.29) is 35.3 Å². The molecule has 0 spiro atoms. The molecule has 172 valence electrons. The average molecular weight is 477 g/mol. The van der Waals surface area contributed by atoms with Crippen molar-refractivity contribution in [2.45, 2.75) is 18.0 Å². The molecule has 0 unspecified atom stereocenters. The molecule has 34 heavy (non-hydrogen) atoms. The monoisotopic (exact) mass is 476 g/mol. The van der Waals surface area contributed by atoms with Gasteiger partial charge in [0.15, 0.2) is 5.82 Å². The van der Waals surface area contributed by atoms with E-state index in [0.717, 1.165) is 0 Å². The van der Waals surface area contributed by atoms with Crippen molar-refractivity contribution in [2.24, 2.45) is 0 Å². The Balaban J connectivity index is 1.34. The molecule has 10 nitrogen and oxygen atoms in total. The topological polar surface area (TPSA) is 140 Å². The molecule has 0 fully saturated rings. The van der Waals surface area contributed by atoms with E-state index >= 15 is 0 Å². The maximum Gasteiger partial charge on any atom is 0.272 e. The number of carbonyl (C=O) groups is 2. The van der Waals surface area contributed by atoms with Gasteiger partial charge >= 0.3 is 0 Å². The van der Waals surface area contributed by atoms with Crippen molar-refractivity contribution in [3.8, 4) is 0 Å². The molecule has 3 heterocycles. The summed E-state index contributed by atoms with van der Waals surface area (Å²) in [5, 5.41) is 12.4. The Hall–Kier alpha value is -4.22. The second-order valence-corrected chi connectivity index (χ2v) is 9.59. The lowest BCUT2D eigenvalue weighted by Crippen LogP contribution is -2.26. The van der Waals surface area contributed by atoms with Gasteiger partial charge in [-0.25, -0.2) is 8.42 Å². The first-order valence-corrected chi connectivity index (χ1v) is 11.8. The predicted octanol–water partition coefficient (Wildman–Crippen LogP) is 2.95. The lowest BCUT2D eigenvalue weighted by atomic mass is 10.1.